The van der Waals surface area contributed by atoms with Crippen molar-refractivity contribution < 1.29 is 14.3 Å². The number of H-pyrrole nitrogens is 1. The van der Waals surface area contributed by atoms with E-state index in [-0.39, 0.29) is 18.1 Å². The number of carbonyl (C=O) groups is 1. The highest BCUT2D eigenvalue weighted by molar-refractivity contribution is 5.81. The fourth-order valence-electron chi connectivity index (χ4n) is 4.06. The lowest BCUT2D eigenvalue weighted by molar-refractivity contribution is 0.156. The number of benzene rings is 2. The molecule has 1 fully saturated rings. The molecule has 168 valence electrons. The molecule has 0 spiro atoms. The molecule has 2 heterocycles. The zero-order valence-corrected chi connectivity index (χ0v) is 18.6. The predicted octanol–water partition coefficient (Wildman–Crippen LogP) is 4.15. The molecule has 0 unspecified atom stereocenters. The number of nitrogens with one attached hydrogen (secondary N) is 1. The third-order valence-electron chi connectivity index (χ3n) is 5.74. The van der Waals surface area contributed by atoms with Gasteiger partial charge < -0.3 is 24.3 Å². The van der Waals surface area contributed by atoms with Gasteiger partial charge in [-0.15, -0.1) is 0 Å². The van der Waals surface area contributed by atoms with Crippen LogP contribution in [0, 0.1) is 0 Å². The van der Waals surface area contributed by atoms with E-state index in [1.807, 2.05) is 60.4 Å². The molecule has 0 aliphatic carbocycles. The highest BCUT2D eigenvalue weighted by Crippen LogP contribution is 2.21. The minimum atomic E-state index is -0.185. The average Bonchev–Trinajstić information content (AvgIpc) is 3.34. The molecule has 0 atom stereocenters. The van der Waals surface area contributed by atoms with E-state index in [0.717, 1.165) is 53.9 Å². The van der Waals surface area contributed by atoms with Gasteiger partial charge in [-0.3, -0.25) is 4.79 Å². The molecule has 3 aromatic rings. The summed E-state index contributed by atoms with van der Waals surface area (Å²) in [6.07, 6.45) is 2.03. The van der Waals surface area contributed by atoms with Crippen LogP contribution in [0.4, 0.5) is 4.79 Å². The number of rotatable bonds is 7. The summed E-state index contributed by atoms with van der Waals surface area (Å²) in [6, 6.07) is 15.1. The fraction of sp³-hybridized carbons (Fsp3) is 0.360. The van der Waals surface area contributed by atoms with Crippen molar-refractivity contribution in [2.75, 3.05) is 26.8 Å². The summed E-state index contributed by atoms with van der Waals surface area (Å²) in [5.74, 6) is 1.52. The van der Waals surface area contributed by atoms with Crippen LogP contribution in [0.3, 0.4) is 0 Å². The number of amides is 2. The monoisotopic (exact) mass is 435 g/mol. The summed E-state index contributed by atoms with van der Waals surface area (Å²) >= 11 is 0. The van der Waals surface area contributed by atoms with Crippen molar-refractivity contribution in [2.24, 2.45) is 0 Å². The topological polar surface area (TPSA) is 74.9 Å². The van der Waals surface area contributed by atoms with Crippen molar-refractivity contribution in [2.45, 2.75) is 32.9 Å². The molecule has 4 rings (SSSR count). The Balaban J connectivity index is 1.64. The molecule has 1 saturated heterocycles. The molecule has 32 heavy (non-hydrogen) atoms. The number of hydrogen-bond acceptors (Lipinski definition) is 4. The first-order chi connectivity index (χ1) is 15.6. The Hall–Kier alpha value is -3.48. The summed E-state index contributed by atoms with van der Waals surface area (Å²) < 4.78 is 10.8. The first-order valence-corrected chi connectivity index (χ1v) is 11.0. The zero-order valence-electron chi connectivity index (χ0n) is 18.6. The number of carbonyl (C=O) groups excluding carboxylic acids is 1. The van der Waals surface area contributed by atoms with Crippen LogP contribution in [0.5, 0.6) is 11.5 Å². The SMILES string of the molecule is CCOc1ccc2[nH]c(=O)c(CN(Cc3ccc(OC)cc3)C(=O)N3CCCC3)cc2c1. The second kappa shape index (κ2) is 9.77. The van der Waals surface area contributed by atoms with Crippen LogP contribution in [-0.4, -0.2) is 47.6 Å². The van der Waals surface area contributed by atoms with E-state index in [2.05, 4.69) is 4.98 Å². The summed E-state index contributed by atoms with van der Waals surface area (Å²) in [4.78, 5) is 32.6. The van der Waals surface area contributed by atoms with Gasteiger partial charge in [-0.1, -0.05) is 12.1 Å². The minimum Gasteiger partial charge on any atom is -0.497 e. The van der Waals surface area contributed by atoms with Crippen LogP contribution in [0.1, 0.15) is 30.9 Å². The van der Waals surface area contributed by atoms with Gasteiger partial charge in [0.15, 0.2) is 0 Å². The van der Waals surface area contributed by atoms with Crippen LogP contribution in [-0.2, 0) is 13.1 Å². The van der Waals surface area contributed by atoms with Gasteiger partial charge in [-0.05, 0) is 61.7 Å². The average molecular weight is 436 g/mol. The molecule has 1 aliphatic rings. The molecule has 7 heteroatoms. The van der Waals surface area contributed by atoms with E-state index < -0.39 is 0 Å². The normalized spacial score (nSPS) is 13.4. The Morgan fingerprint density at radius 1 is 1.03 bits per heavy atom. The molecule has 0 bridgehead atoms. The van der Waals surface area contributed by atoms with Gasteiger partial charge in [-0.25, -0.2) is 4.79 Å². The molecule has 1 N–H and O–H groups in total. The molecule has 7 nitrogen and oxygen atoms in total. The van der Waals surface area contributed by atoms with Crippen molar-refractivity contribution in [3.8, 4) is 11.5 Å². The van der Waals surface area contributed by atoms with Gasteiger partial charge in [0.25, 0.3) is 5.56 Å². The van der Waals surface area contributed by atoms with Crippen LogP contribution in [0.25, 0.3) is 10.9 Å². The fourth-order valence-corrected chi connectivity index (χ4v) is 4.06. The van der Waals surface area contributed by atoms with E-state index in [0.29, 0.717) is 18.7 Å². The van der Waals surface area contributed by atoms with Gasteiger partial charge in [0, 0.05) is 36.1 Å². The maximum atomic E-state index is 13.3. The van der Waals surface area contributed by atoms with E-state index in [1.54, 1.807) is 12.0 Å². The number of methoxy groups -OCH3 is 1. The number of likely N-dealkylation sites (tertiary alicyclic amines) is 1. The molecular weight excluding hydrogens is 406 g/mol. The Bertz CT molecular complexity index is 1130. The summed E-state index contributed by atoms with van der Waals surface area (Å²) in [6.45, 7) is 4.65. The van der Waals surface area contributed by atoms with E-state index in [9.17, 15) is 9.59 Å². The lowest BCUT2D eigenvalue weighted by atomic mass is 10.1. The quantitative estimate of drug-likeness (QED) is 0.605. The zero-order chi connectivity index (χ0) is 22.5. The van der Waals surface area contributed by atoms with Crippen LogP contribution in [0.2, 0.25) is 0 Å². The maximum Gasteiger partial charge on any atom is 0.320 e. The van der Waals surface area contributed by atoms with Crippen molar-refractivity contribution >= 4 is 16.9 Å². The van der Waals surface area contributed by atoms with Crippen molar-refractivity contribution in [3.05, 3.63) is 70.0 Å². The molecular formula is C25H29N3O4. The summed E-state index contributed by atoms with van der Waals surface area (Å²) in [5.41, 5.74) is 2.09. The first-order valence-electron chi connectivity index (χ1n) is 11.0. The molecule has 0 radical (unpaired) electrons. The standard InChI is InChI=1S/C25H29N3O4/c1-3-32-22-10-11-23-19(15-22)14-20(24(29)26-23)17-28(25(30)27-12-4-5-13-27)16-18-6-8-21(31-2)9-7-18/h6-11,14-15H,3-5,12-13,16-17H2,1-2H3,(H,26,29). The van der Waals surface area contributed by atoms with E-state index in [1.165, 1.54) is 0 Å². The van der Waals surface area contributed by atoms with Gasteiger partial charge in [-0.2, -0.15) is 0 Å². The Labute approximate surface area is 187 Å². The van der Waals surface area contributed by atoms with Gasteiger partial charge in [0.05, 0.1) is 20.3 Å². The third-order valence-corrected chi connectivity index (χ3v) is 5.74. The van der Waals surface area contributed by atoms with Crippen LogP contribution in [0.15, 0.2) is 53.3 Å². The van der Waals surface area contributed by atoms with Gasteiger partial charge in [0.2, 0.25) is 0 Å². The first kappa shape index (κ1) is 21.7. The Morgan fingerprint density at radius 2 is 1.75 bits per heavy atom. The highest BCUT2D eigenvalue weighted by atomic mass is 16.5. The largest absolute Gasteiger partial charge is 0.497 e. The van der Waals surface area contributed by atoms with Crippen LogP contribution < -0.4 is 15.0 Å². The molecule has 0 saturated carbocycles. The molecule has 2 aromatic carbocycles. The van der Waals surface area contributed by atoms with Gasteiger partial charge in [0.1, 0.15) is 11.5 Å². The number of nitrogens with zero attached hydrogens (tertiary/aromatic N) is 2. The number of hydrogen-bond donors (Lipinski definition) is 1. The number of fused-ring (bicyclic) bond motifs is 1. The highest BCUT2D eigenvalue weighted by Gasteiger charge is 2.25. The second-order valence-corrected chi connectivity index (χ2v) is 7.99. The van der Waals surface area contributed by atoms with E-state index >= 15 is 0 Å². The predicted molar refractivity (Wildman–Crippen MR) is 124 cm³/mol. The summed E-state index contributed by atoms with van der Waals surface area (Å²) in [7, 11) is 1.63. The number of aromatic nitrogens is 1. The van der Waals surface area contributed by atoms with Crippen LogP contribution >= 0.6 is 0 Å². The smallest absolute Gasteiger partial charge is 0.320 e. The molecule has 1 aliphatic heterocycles. The van der Waals surface area contributed by atoms with Gasteiger partial charge >= 0.3 is 6.03 Å². The molecule has 2 amide bonds. The number of ether oxygens (including phenoxy) is 2. The van der Waals surface area contributed by atoms with Crippen molar-refractivity contribution in [1.29, 1.82) is 0 Å². The van der Waals surface area contributed by atoms with E-state index in [4.69, 9.17) is 9.47 Å². The number of pyridine rings is 1. The lowest BCUT2D eigenvalue weighted by Crippen LogP contribution is -2.41. The van der Waals surface area contributed by atoms with Crippen molar-refractivity contribution in [1.82, 2.24) is 14.8 Å². The minimum absolute atomic E-state index is 0.0408. The lowest BCUT2D eigenvalue weighted by Gasteiger charge is -2.28. The third kappa shape index (κ3) is 4.88. The number of urea groups is 1. The van der Waals surface area contributed by atoms with Crippen molar-refractivity contribution in [3.63, 3.8) is 0 Å². The maximum absolute atomic E-state index is 13.3. The summed E-state index contributed by atoms with van der Waals surface area (Å²) in [5, 5.41) is 0.878. The number of aromatic amines is 1. The second-order valence-electron chi connectivity index (χ2n) is 7.99. The Kier molecular flexibility index (Phi) is 6.63. The molecule has 1 aromatic heterocycles. The Morgan fingerprint density at radius 3 is 2.44 bits per heavy atom.